The molecule has 43 heavy (non-hydrogen) atoms. The summed E-state index contributed by atoms with van der Waals surface area (Å²) in [6.45, 7) is 9.41. The zero-order valence-corrected chi connectivity index (χ0v) is 25.5. The molecule has 2 aromatic rings. The van der Waals surface area contributed by atoms with E-state index in [1.165, 1.54) is 5.69 Å². The quantitative estimate of drug-likeness (QED) is 0.474. The van der Waals surface area contributed by atoms with E-state index in [4.69, 9.17) is 5.73 Å². The number of amides is 3. The second kappa shape index (κ2) is 10.7. The van der Waals surface area contributed by atoms with Gasteiger partial charge in [-0.1, -0.05) is 12.1 Å². The molecule has 1 saturated heterocycles. The third-order valence-corrected chi connectivity index (χ3v) is 11.4. The average Bonchev–Trinajstić information content (AvgIpc) is 3.02. The molecule has 2 aliphatic heterocycles. The largest absolute Gasteiger partial charge is 0.394 e. The molecule has 4 saturated carbocycles. The number of urea groups is 1. The number of carbonyl (C=O) groups is 2. The SMILES string of the molecule is CC(C)(CO)N1CCN(c2ccc(N3CCN(C(=O)NC4[C@@H]5CC6C[C@H]4CC(C(N)=O)(C6)C5)c4ccccc43)cc2)CC1. The first-order chi connectivity index (χ1) is 20.7. The number of anilines is 4. The lowest BCUT2D eigenvalue weighted by atomic mass is 9.47. The van der Waals surface area contributed by atoms with Gasteiger partial charge in [0.1, 0.15) is 0 Å². The van der Waals surface area contributed by atoms with Crippen LogP contribution in [0.2, 0.25) is 0 Å². The Morgan fingerprint density at radius 2 is 1.51 bits per heavy atom. The summed E-state index contributed by atoms with van der Waals surface area (Å²) >= 11 is 0. The Labute approximate surface area is 255 Å². The highest BCUT2D eigenvalue weighted by Crippen LogP contribution is 2.60. The fourth-order valence-electron chi connectivity index (χ4n) is 9.14. The minimum Gasteiger partial charge on any atom is -0.394 e. The number of benzene rings is 2. The molecule has 0 spiro atoms. The van der Waals surface area contributed by atoms with Gasteiger partial charge in [-0.15, -0.1) is 0 Å². The van der Waals surface area contributed by atoms with Crippen molar-refractivity contribution in [2.75, 3.05) is 60.6 Å². The lowest BCUT2D eigenvalue weighted by Gasteiger charge is -2.59. The number of carbonyl (C=O) groups excluding carboxylic acids is 2. The predicted molar refractivity (Wildman–Crippen MR) is 170 cm³/mol. The number of aliphatic hydroxyl groups is 1. The topological polar surface area (TPSA) is 105 Å². The third-order valence-electron chi connectivity index (χ3n) is 11.4. The first kappa shape index (κ1) is 28.5. The first-order valence-corrected chi connectivity index (χ1v) is 16.1. The maximum absolute atomic E-state index is 13.8. The normalized spacial score (nSPS) is 30.3. The maximum atomic E-state index is 13.8. The summed E-state index contributed by atoms with van der Waals surface area (Å²) in [7, 11) is 0. The van der Waals surface area contributed by atoms with Crippen LogP contribution in [0.5, 0.6) is 0 Å². The number of para-hydroxylation sites is 2. The Morgan fingerprint density at radius 1 is 0.884 bits per heavy atom. The van der Waals surface area contributed by atoms with Gasteiger partial charge in [-0.25, -0.2) is 4.79 Å². The molecule has 4 N–H and O–H groups in total. The van der Waals surface area contributed by atoms with Gasteiger partial charge in [0.15, 0.2) is 0 Å². The molecule has 0 aromatic heterocycles. The highest BCUT2D eigenvalue weighted by molar-refractivity contribution is 5.98. The van der Waals surface area contributed by atoms with Crippen molar-refractivity contribution < 1.29 is 14.7 Å². The van der Waals surface area contributed by atoms with Crippen LogP contribution in [-0.4, -0.2) is 79.4 Å². The number of nitrogens with zero attached hydrogens (tertiary/aromatic N) is 4. The average molecular weight is 587 g/mol. The molecule has 5 fully saturated rings. The molecular weight excluding hydrogens is 540 g/mol. The van der Waals surface area contributed by atoms with Crippen molar-refractivity contribution in [2.45, 2.75) is 57.5 Å². The summed E-state index contributed by atoms with van der Waals surface area (Å²) in [6.07, 6.45) is 4.75. The first-order valence-electron chi connectivity index (χ1n) is 16.1. The van der Waals surface area contributed by atoms with Crippen LogP contribution in [0.1, 0.15) is 46.0 Å². The monoisotopic (exact) mass is 586 g/mol. The number of rotatable bonds is 6. The number of nitrogens with one attached hydrogen (secondary N) is 1. The van der Waals surface area contributed by atoms with Crippen molar-refractivity contribution >= 4 is 34.7 Å². The van der Waals surface area contributed by atoms with E-state index in [1.54, 1.807) is 0 Å². The van der Waals surface area contributed by atoms with E-state index in [0.717, 1.165) is 75.3 Å². The van der Waals surface area contributed by atoms with Gasteiger partial charge in [0.25, 0.3) is 0 Å². The Bertz CT molecular complexity index is 1350. The van der Waals surface area contributed by atoms with Crippen LogP contribution in [0, 0.1) is 23.2 Å². The minimum atomic E-state index is -0.351. The van der Waals surface area contributed by atoms with Crippen LogP contribution >= 0.6 is 0 Å². The molecule has 9 nitrogen and oxygen atoms in total. The van der Waals surface area contributed by atoms with Gasteiger partial charge < -0.3 is 26.0 Å². The second-order valence-corrected chi connectivity index (χ2v) is 14.3. The molecule has 6 aliphatic rings. The van der Waals surface area contributed by atoms with Crippen molar-refractivity contribution in [1.29, 1.82) is 0 Å². The molecule has 2 aromatic carbocycles. The molecule has 9 heteroatoms. The van der Waals surface area contributed by atoms with Crippen molar-refractivity contribution in [3.05, 3.63) is 48.5 Å². The maximum Gasteiger partial charge on any atom is 0.322 e. The van der Waals surface area contributed by atoms with Gasteiger partial charge in [0.05, 0.1) is 18.0 Å². The van der Waals surface area contributed by atoms with Crippen molar-refractivity contribution in [3.8, 4) is 0 Å². The molecule has 3 amide bonds. The van der Waals surface area contributed by atoms with E-state index in [-0.39, 0.29) is 35.5 Å². The lowest BCUT2D eigenvalue weighted by molar-refractivity contribution is -0.145. The van der Waals surface area contributed by atoms with Crippen LogP contribution in [0.4, 0.5) is 27.5 Å². The molecule has 3 unspecified atom stereocenters. The number of primary amides is 1. The highest BCUT2D eigenvalue weighted by atomic mass is 16.3. The molecule has 4 aliphatic carbocycles. The van der Waals surface area contributed by atoms with Gasteiger partial charge in [0, 0.05) is 67.6 Å². The van der Waals surface area contributed by atoms with Crippen LogP contribution < -0.4 is 25.8 Å². The van der Waals surface area contributed by atoms with Gasteiger partial charge >= 0.3 is 6.03 Å². The van der Waals surface area contributed by atoms with Gasteiger partial charge in [-0.05, 0) is 100 Å². The Hall–Kier alpha value is -3.30. The zero-order chi connectivity index (χ0) is 29.9. The summed E-state index contributed by atoms with van der Waals surface area (Å²) in [5.41, 5.74) is 9.64. The molecule has 0 radical (unpaired) electrons. The summed E-state index contributed by atoms with van der Waals surface area (Å²) in [6, 6.07) is 17.1. The fourth-order valence-corrected chi connectivity index (χ4v) is 9.14. The summed E-state index contributed by atoms with van der Waals surface area (Å²) < 4.78 is 0. The summed E-state index contributed by atoms with van der Waals surface area (Å²) in [5, 5.41) is 13.2. The van der Waals surface area contributed by atoms with E-state index in [9.17, 15) is 14.7 Å². The van der Waals surface area contributed by atoms with E-state index in [1.807, 2.05) is 23.1 Å². The van der Waals surface area contributed by atoms with Gasteiger partial charge in [-0.2, -0.15) is 0 Å². The van der Waals surface area contributed by atoms with E-state index in [2.05, 4.69) is 64.2 Å². The standard InChI is InChI=1S/C34H46N6O3/c1-33(2,22-41)38-13-11-37(12-14-38)26-7-9-27(10-8-26)39-15-16-40(29-6-4-3-5-28(29)39)32(43)36-30-24-17-23-18-25(30)21-34(19-23,20-24)31(35)42/h3-10,23-25,30,41H,11-22H2,1-2H3,(H2,35,42)(H,36,43)/t23?,24-,25+,30?,34?. The van der Waals surface area contributed by atoms with Crippen molar-refractivity contribution in [3.63, 3.8) is 0 Å². The molecular formula is C34H46N6O3. The smallest absolute Gasteiger partial charge is 0.322 e. The van der Waals surface area contributed by atoms with E-state index < -0.39 is 0 Å². The molecule has 2 heterocycles. The third kappa shape index (κ3) is 4.94. The number of hydrogen-bond acceptors (Lipinski definition) is 6. The zero-order valence-electron chi connectivity index (χ0n) is 25.5. The predicted octanol–water partition coefficient (Wildman–Crippen LogP) is 3.93. The van der Waals surface area contributed by atoms with Crippen LogP contribution in [0.25, 0.3) is 0 Å². The molecule has 4 bridgehead atoms. The minimum absolute atomic E-state index is 0.0310. The number of nitrogens with two attached hydrogens (primary N) is 1. The van der Waals surface area contributed by atoms with E-state index in [0.29, 0.717) is 30.8 Å². The van der Waals surface area contributed by atoms with Crippen molar-refractivity contribution in [1.82, 2.24) is 10.2 Å². The number of hydrogen-bond donors (Lipinski definition) is 3. The summed E-state index contributed by atoms with van der Waals surface area (Å²) in [4.78, 5) is 35.2. The van der Waals surface area contributed by atoms with E-state index >= 15 is 0 Å². The second-order valence-electron chi connectivity index (χ2n) is 14.3. The number of fused-ring (bicyclic) bond motifs is 1. The number of aliphatic hydroxyl groups excluding tert-OH is 1. The fraction of sp³-hybridized carbons (Fsp3) is 0.588. The van der Waals surface area contributed by atoms with Crippen molar-refractivity contribution in [2.24, 2.45) is 28.9 Å². The molecule has 8 rings (SSSR count). The Kier molecular flexibility index (Phi) is 7.08. The Morgan fingerprint density at radius 3 is 2.14 bits per heavy atom. The lowest BCUT2D eigenvalue weighted by Crippen LogP contribution is -2.63. The van der Waals surface area contributed by atoms with Gasteiger partial charge in [-0.3, -0.25) is 14.6 Å². The van der Waals surface area contributed by atoms with Gasteiger partial charge in [0.2, 0.25) is 5.91 Å². The number of piperazine rings is 1. The highest BCUT2D eigenvalue weighted by Gasteiger charge is 2.58. The van der Waals surface area contributed by atoms with Crippen LogP contribution in [0.3, 0.4) is 0 Å². The molecule has 5 atom stereocenters. The van der Waals surface area contributed by atoms with Crippen LogP contribution in [0.15, 0.2) is 48.5 Å². The molecule has 230 valence electrons. The van der Waals surface area contributed by atoms with Crippen LogP contribution in [-0.2, 0) is 4.79 Å². The Balaban J connectivity index is 1.03. The summed E-state index contributed by atoms with van der Waals surface area (Å²) in [5.74, 6) is 1.10.